The molecule has 4 N–H and O–H groups in total. The van der Waals surface area contributed by atoms with Crippen LogP contribution in [0.3, 0.4) is 0 Å². The number of phenols is 1. The van der Waals surface area contributed by atoms with Crippen molar-refractivity contribution in [2.45, 2.75) is 11.3 Å². The van der Waals surface area contributed by atoms with Crippen molar-refractivity contribution in [1.82, 2.24) is 0 Å². The van der Waals surface area contributed by atoms with E-state index >= 15 is 0 Å². The number of allylic oxidation sites excluding steroid dienone is 1. The van der Waals surface area contributed by atoms with E-state index in [1.165, 1.54) is 42.5 Å². The molecule has 2 aromatic carbocycles. The Kier molecular flexibility index (Phi) is 4.53. The van der Waals surface area contributed by atoms with Gasteiger partial charge in [0.25, 0.3) is 0 Å². The van der Waals surface area contributed by atoms with E-state index in [0.29, 0.717) is 5.56 Å². The second-order valence-electron chi connectivity index (χ2n) is 4.85. The van der Waals surface area contributed by atoms with Gasteiger partial charge in [-0.25, -0.2) is 18.4 Å². The Morgan fingerprint density at radius 2 is 1.78 bits per heavy atom. The average Bonchev–Trinajstić information content (AvgIpc) is 2.47. The zero-order valence-electron chi connectivity index (χ0n) is 12.1. The minimum Gasteiger partial charge on any atom is -0.508 e. The molecule has 0 aliphatic carbocycles. The first-order valence-corrected chi connectivity index (χ1v) is 8.12. The zero-order chi connectivity index (χ0) is 17.2. The monoisotopic (exact) mass is 333 g/mol. The number of hydrogen-bond donors (Lipinski definition) is 3. The summed E-state index contributed by atoms with van der Waals surface area (Å²) in [4.78, 5) is 11.4. The number of primary sulfonamides is 1. The van der Waals surface area contributed by atoms with Crippen molar-refractivity contribution in [2.75, 3.05) is 0 Å². The van der Waals surface area contributed by atoms with Crippen molar-refractivity contribution in [3.8, 4) is 16.9 Å². The van der Waals surface area contributed by atoms with Crippen LogP contribution in [0.25, 0.3) is 11.1 Å². The highest BCUT2D eigenvalue weighted by Crippen LogP contribution is 2.33. The molecule has 0 aromatic heterocycles. The van der Waals surface area contributed by atoms with Crippen LogP contribution in [0.5, 0.6) is 5.75 Å². The Labute approximate surface area is 133 Å². The molecular weight excluding hydrogens is 318 g/mol. The summed E-state index contributed by atoms with van der Waals surface area (Å²) >= 11 is 0. The van der Waals surface area contributed by atoms with Crippen molar-refractivity contribution < 1.29 is 23.4 Å². The van der Waals surface area contributed by atoms with E-state index in [0.717, 1.165) is 0 Å². The van der Waals surface area contributed by atoms with Crippen LogP contribution in [0.1, 0.15) is 15.9 Å². The molecule has 0 unspecified atom stereocenters. The Morgan fingerprint density at radius 1 is 1.17 bits per heavy atom. The number of aromatic carboxylic acids is 1. The molecule has 7 heteroatoms. The van der Waals surface area contributed by atoms with E-state index in [9.17, 15) is 23.4 Å². The minimum absolute atomic E-state index is 0.0125. The predicted octanol–water partition coefficient (Wildman–Crippen LogP) is 2.13. The summed E-state index contributed by atoms with van der Waals surface area (Å²) in [6, 6.07) is 8.19. The quantitative estimate of drug-likeness (QED) is 0.725. The number of carboxylic acids is 1. The van der Waals surface area contributed by atoms with Crippen LogP contribution in [0.4, 0.5) is 0 Å². The summed E-state index contributed by atoms with van der Waals surface area (Å²) in [7, 11) is -4.03. The second kappa shape index (κ2) is 6.23. The fraction of sp³-hybridized carbons (Fsp3) is 0.0625. The van der Waals surface area contributed by atoms with Crippen LogP contribution < -0.4 is 5.14 Å². The van der Waals surface area contributed by atoms with Crippen molar-refractivity contribution in [2.24, 2.45) is 5.14 Å². The zero-order valence-corrected chi connectivity index (χ0v) is 12.9. The maximum Gasteiger partial charge on any atom is 0.336 e. The van der Waals surface area contributed by atoms with Crippen LogP contribution in [0, 0.1) is 0 Å². The van der Waals surface area contributed by atoms with Gasteiger partial charge in [0.1, 0.15) is 5.75 Å². The summed E-state index contributed by atoms with van der Waals surface area (Å²) in [5.41, 5.74) is 0.902. The molecule has 0 heterocycles. The SMILES string of the molecule is C=CCc1c(S(N)(=O)=O)ccc(C(=O)O)c1-c1ccc(O)cc1. The third kappa shape index (κ3) is 3.41. The smallest absolute Gasteiger partial charge is 0.336 e. The first kappa shape index (κ1) is 16.7. The molecule has 2 rings (SSSR count). The Morgan fingerprint density at radius 3 is 2.26 bits per heavy atom. The fourth-order valence-corrected chi connectivity index (χ4v) is 3.16. The number of hydrogen-bond acceptors (Lipinski definition) is 4. The molecule has 0 saturated carbocycles. The molecular formula is C16H15NO5S. The lowest BCUT2D eigenvalue weighted by atomic mass is 9.92. The van der Waals surface area contributed by atoms with Crippen LogP contribution >= 0.6 is 0 Å². The lowest BCUT2D eigenvalue weighted by molar-refractivity contribution is 0.0697. The normalized spacial score (nSPS) is 11.2. The lowest BCUT2D eigenvalue weighted by Crippen LogP contribution is -2.16. The fourth-order valence-electron chi connectivity index (χ4n) is 2.38. The summed E-state index contributed by atoms with van der Waals surface area (Å²) in [5.74, 6) is -1.18. The minimum atomic E-state index is -4.03. The van der Waals surface area contributed by atoms with Gasteiger partial charge in [-0.15, -0.1) is 6.58 Å². The Hall–Kier alpha value is -2.64. The van der Waals surface area contributed by atoms with Gasteiger partial charge in [0.15, 0.2) is 0 Å². The molecule has 23 heavy (non-hydrogen) atoms. The van der Waals surface area contributed by atoms with Gasteiger partial charge in [-0.3, -0.25) is 0 Å². The highest BCUT2D eigenvalue weighted by Gasteiger charge is 2.23. The summed E-state index contributed by atoms with van der Waals surface area (Å²) in [6.45, 7) is 3.58. The summed E-state index contributed by atoms with van der Waals surface area (Å²) in [5, 5.41) is 24.0. The van der Waals surface area contributed by atoms with Crippen LogP contribution in [0.2, 0.25) is 0 Å². The predicted molar refractivity (Wildman–Crippen MR) is 85.8 cm³/mol. The molecule has 0 aliphatic heterocycles. The summed E-state index contributed by atoms with van der Waals surface area (Å²) < 4.78 is 23.6. The molecule has 0 aliphatic rings. The van der Waals surface area contributed by atoms with Crippen LogP contribution in [-0.2, 0) is 16.4 Å². The van der Waals surface area contributed by atoms with Gasteiger partial charge >= 0.3 is 5.97 Å². The van der Waals surface area contributed by atoms with Gasteiger partial charge in [-0.2, -0.15) is 0 Å². The third-order valence-corrected chi connectivity index (χ3v) is 4.31. The maximum atomic E-state index is 11.8. The highest BCUT2D eigenvalue weighted by atomic mass is 32.2. The van der Waals surface area contributed by atoms with Crippen molar-refractivity contribution in [3.63, 3.8) is 0 Å². The standard InChI is InChI=1S/C16H15NO5S/c1-2-3-12-14(23(17,21)22)9-8-13(16(19)20)15(12)10-4-6-11(18)7-5-10/h2,4-9,18H,1,3H2,(H,19,20)(H2,17,21,22). The number of nitrogens with two attached hydrogens (primary N) is 1. The third-order valence-electron chi connectivity index (χ3n) is 3.31. The number of carbonyl (C=O) groups is 1. The molecule has 0 amide bonds. The van der Waals surface area contributed by atoms with Crippen molar-refractivity contribution in [3.05, 3.63) is 60.2 Å². The van der Waals surface area contributed by atoms with E-state index < -0.39 is 16.0 Å². The Balaban J connectivity index is 2.91. The number of phenolic OH excluding ortho intramolecular Hbond substituents is 1. The average molecular weight is 333 g/mol. The van der Waals surface area contributed by atoms with Crippen LogP contribution in [0.15, 0.2) is 53.9 Å². The molecule has 0 fully saturated rings. The molecule has 0 radical (unpaired) electrons. The molecule has 0 atom stereocenters. The number of benzene rings is 2. The van der Waals surface area contributed by atoms with Gasteiger partial charge in [-0.1, -0.05) is 18.2 Å². The molecule has 0 bridgehead atoms. The van der Waals surface area contributed by atoms with Gasteiger partial charge in [-0.05, 0) is 41.8 Å². The van der Waals surface area contributed by atoms with Crippen molar-refractivity contribution >= 4 is 16.0 Å². The topological polar surface area (TPSA) is 118 Å². The van der Waals surface area contributed by atoms with E-state index in [4.69, 9.17) is 5.14 Å². The number of aromatic hydroxyl groups is 1. The molecule has 2 aromatic rings. The first-order valence-electron chi connectivity index (χ1n) is 6.58. The largest absolute Gasteiger partial charge is 0.508 e. The second-order valence-corrected chi connectivity index (χ2v) is 6.38. The molecule has 120 valence electrons. The first-order chi connectivity index (χ1) is 10.8. The van der Waals surface area contributed by atoms with Crippen LogP contribution in [-0.4, -0.2) is 24.6 Å². The van der Waals surface area contributed by atoms with E-state index in [2.05, 4.69) is 6.58 Å². The van der Waals surface area contributed by atoms with Gasteiger partial charge in [0.2, 0.25) is 10.0 Å². The highest BCUT2D eigenvalue weighted by molar-refractivity contribution is 7.89. The lowest BCUT2D eigenvalue weighted by Gasteiger charge is -2.16. The number of sulfonamides is 1. The van der Waals surface area contributed by atoms with Gasteiger partial charge in [0.05, 0.1) is 10.5 Å². The summed E-state index contributed by atoms with van der Waals surface area (Å²) in [6.07, 6.45) is 1.60. The Bertz CT molecular complexity index is 870. The maximum absolute atomic E-state index is 11.8. The number of rotatable bonds is 5. The van der Waals surface area contributed by atoms with E-state index in [1.54, 1.807) is 0 Å². The van der Waals surface area contributed by atoms with E-state index in [1.807, 2.05) is 0 Å². The molecule has 0 saturated heterocycles. The van der Waals surface area contributed by atoms with Gasteiger partial charge < -0.3 is 10.2 Å². The molecule has 6 nitrogen and oxygen atoms in total. The number of carboxylic acid groups (broad SMARTS) is 1. The van der Waals surface area contributed by atoms with E-state index in [-0.39, 0.29) is 33.8 Å². The van der Waals surface area contributed by atoms with Crippen molar-refractivity contribution in [1.29, 1.82) is 0 Å². The van der Waals surface area contributed by atoms with Gasteiger partial charge in [0, 0.05) is 5.56 Å². The molecule has 0 spiro atoms.